The lowest BCUT2D eigenvalue weighted by atomic mass is 10.1. The molecule has 2 heteroatoms. The topological polar surface area (TPSA) is 12.0 Å². The van der Waals surface area contributed by atoms with E-state index >= 15 is 0 Å². The van der Waals surface area contributed by atoms with Crippen LogP contribution < -0.4 is 5.32 Å². The van der Waals surface area contributed by atoms with Crippen molar-refractivity contribution in [3.63, 3.8) is 0 Å². The van der Waals surface area contributed by atoms with Crippen molar-refractivity contribution in [1.29, 1.82) is 0 Å². The molecule has 0 heterocycles. The highest BCUT2D eigenvalue weighted by molar-refractivity contribution is 5.25. The third-order valence-electron chi connectivity index (χ3n) is 2.39. The van der Waals surface area contributed by atoms with Gasteiger partial charge in [-0.25, -0.2) is 4.39 Å². The van der Waals surface area contributed by atoms with Crippen LogP contribution in [0.4, 0.5) is 4.39 Å². The smallest absolute Gasteiger partial charge is 0.127 e. The molecule has 0 aromatic heterocycles. The van der Waals surface area contributed by atoms with Gasteiger partial charge in [-0.15, -0.1) is 0 Å². The summed E-state index contributed by atoms with van der Waals surface area (Å²) >= 11 is 0. The summed E-state index contributed by atoms with van der Waals surface area (Å²) in [6.45, 7) is 7.92. The van der Waals surface area contributed by atoms with E-state index in [1.807, 2.05) is 12.1 Å². The zero-order chi connectivity index (χ0) is 11.3. The maximum absolute atomic E-state index is 13.4. The van der Waals surface area contributed by atoms with Gasteiger partial charge in [0.25, 0.3) is 0 Å². The summed E-state index contributed by atoms with van der Waals surface area (Å²) in [6.07, 6.45) is 0.956. The highest BCUT2D eigenvalue weighted by Crippen LogP contribution is 2.11. The van der Waals surface area contributed by atoms with Crippen molar-refractivity contribution in [2.45, 2.75) is 33.7 Å². The molecule has 1 aromatic rings. The van der Waals surface area contributed by atoms with Crippen LogP contribution in [0.25, 0.3) is 0 Å². The van der Waals surface area contributed by atoms with E-state index in [0.717, 1.165) is 18.5 Å². The number of hydrogen-bond donors (Lipinski definition) is 1. The summed E-state index contributed by atoms with van der Waals surface area (Å²) in [7, 11) is 0. The van der Waals surface area contributed by atoms with Crippen LogP contribution in [0.15, 0.2) is 18.2 Å². The normalized spacial score (nSPS) is 11.0. The average Bonchev–Trinajstić information content (AvgIpc) is 2.20. The Bertz CT molecular complexity index is 307. The van der Waals surface area contributed by atoms with Gasteiger partial charge in [0.15, 0.2) is 0 Å². The number of aryl methyl sites for hydroxylation is 1. The molecule has 0 bridgehead atoms. The molecule has 0 aliphatic heterocycles. The van der Waals surface area contributed by atoms with E-state index in [4.69, 9.17) is 0 Å². The SMILES string of the molecule is CCc1ccc(F)c(CNCC(C)C)c1. The van der Waals surface area contributed by atoms with Crippen LogP contribution in [0.2, 0.25) is 0 Å². The quantitative estimate of drug-likeness (QED) is 0.785. The van der Waals surface area contributed by atoms with E-state index in [-0.39, 0.29) is 5.82 Å². The van der Waals surface area contributed by atoms with Crippen LogP contribution in [0.1, 0.15) is 31.9 Å². The molecule has 0 fully saturated rings. The van der Waals surface area contributed by atoms with Crippen molar-refractivity contribution in [3.8, 4) is 0 Å². The largest absolute Gasteiger partial charge is 0.312 e. The molecular weight excluding hydrogens is 189 g/mol. The van der Waals surface area contributed by atoms with Gasteiger partial charge in [-0.3, -0.25) is 0 Å². The van der Waals surface area contributed by atoms with Crippen molar-refractivity contribution < 1.29 is 4.39 Å². The van der Waals surface area contributed by atoms with Gasteiger partial charge in [0.05, 0.1) is 0 Å². The third-order valence-corrected chi connectivity index (χ3v) is 2.39. The minimum atomic E-state index is -0.108. The summed E-state index contributed by atoms with van der Waals surface area (Å²) in [6, 6.07) is 5.36. The Balaban J connectivity index is 2.59. The summed E-state index contributed by atoms with van der Waals surface area (Å²) < 4.78 is 13.4. The van der Waals surface area contributed by atoms with Crippen LogP contribution >= 0.6 is 0 Å². The molecule has 0 spiro atoms. The average molecular weight is 209 g/mol. The first-order valence-corrected chi connectivity index (χ1v) is 5.61. The number of nitrogens with one attached hydrogen (secondary N) is 1. The molecule has 0 saturated carbocycles. The predicted octanol–water partition coefficient (Wildman–Crippen LogP) is 3.13. The van der Waals surface area contributed by atoms with Gasteiger partial charge in [-0.1, -0.05) is 32.9 Å². The number of halogens is 1. The first kappa shape index (κ1) is 12.2. The maximum atomic E-state index is 13.4. The zero-order valence-corrected chi connectivity index (χ0v) is 9.81. The van der Waals surface area contributed by atoms with Crippen molar-refractivity contribution in [2.75, 3.05) is 6.54 Å². The van der Waals surface area contributed by atoms with Gasteiger partial charge >= 0.3 is 0 Å². The fourth-order valence-corrected chi connectivity index (χ4v) is 1.48. The second kappa shape index (κ2) is 5.86. The van der Waals surface area contributed by atoms with Gasteiger partial charge in [-0.2, -0.15) is 0 Å². The van der Waals surface area contributed by atoms with Crippen LogP contribution in [0.3, 0.4) is 0 Å². The fourth-order valence-electron chi connectivity index (χ4n) is 1.48. The lowest BCUT2D eigenvalue weighted by Crippen LogP contribution is -2.19. The van der Waals surface area contributed by atoms with Crippen LogP contribution in [-0.4, -0.2) is 6.54 Å². The van der Waals surface area contributed by atoms with Crippen LogP contribution in [0, 0.1) is 11.7 Å². The summed E-state index contributed by atoms with van der Waals surface area (Å²) in [4.78, 5) is 0. The second-order valence-corrected chi connectivity index (χ2v) is 4.30. The maximum Gasteiger partial charge on any atom is 0.127 e. The molecule has 0 aliphatic carbocycles. The Morgan fingerprint density at radius 1 is 1.33 bits per heavy atom. The highest BCUT2D eigenvalue weighted by atomic mass is 19.1. The summed E-state index contributed by atoms with van der Waals surface area (Å²) in [5, 5.41) is 3.25. The van der Waals surface area contributed by atoms with E-state index in [2.05, 4.69) is 26.1 Å². The van der Waals surface area contributed by atoms with Crippen molar-refractivity contribution in [3.05, 3.63) is 35.1 Å². The predicted molar refractivity (Wildman–Crippen MR) is 62.3 cm³/mol. The van der Waals surface area contributed by atoms with E-state index in [0.29, 0.717) is 12.5 Å². The molecule has 1 N–H and O–H groups in total. The van der Waals surface area contributed by atoms with E-state index in [1.165, 1.54) is 5.56 Å². The number of benzene rings is 1. The molecule has 15 heavy (non-hydrogen) atoms. The Kier molecular flexibility index (Phi) is 4.76. The molecule has 1 aromatic carbocycles. The highest BCUT2D eigenvalue weighted by Gasteiger charge is 2.02. The second-order valence-electron chi connectivity index (χ2n) is 4.30. The first-order valence-electron chi connectivity index (χ1n) is 5.61. The Labute approximate surface area is 91.7 Å². The lowest BCUT2D eigenvalue weighted by Gasteiger charge is -2.09. The van der Waals surface area contributed by atoms with Crippen molar-refractivity contribution in [1.82, 2.24) is 5.32 Å². The molecule has 0 unspecified atom stereocenters. The number of rotatable bonds is 5. The van der Waals surface area contributed by atoms with E-state index in [1.54, 1.807) is 6.07 Å². The molecule has 0 atom stereocenters. The van der Waals surface area contributed by atoms with Crippen LogP contribution in [0.5, 0.6) is 0 Å². The molecule has 84 valence electrons. The molecule has 0 radical (unpaired) electrons. The number of hydrogen-bond acceptors (Lipinski definition) is 1. The van der Waals surface area contributed by atoms with Gasteiger partial charge in [0, 0.05) is 12.1 Å². The molecule has 0 saturated heterocycles. The van der Waals surface area contributed by atoms with E-state index < -0.39 is 0 Å². The van der Waals surface area contributed by atoms with Gasteiger partial charge < -0.3 is 5.32 Å². The van der Waals surface area contributed by atoms with E-state index in [9.17, 15) is 4.39 Å². The minimum Gasteiger partial charge on any atom is -0.312 e. The Hall–Kier alpha value is -0.890. The van der Waals surface area contributed by atoms with Crippen LogP contribution in [-0.2, 0) is 13.0 Å². The molecule has 0 aliphatic rings. The van der Waals surface area contributed by atoms with Gasteiger partial charge in [0.1, 0.15) is 5.82 Å². The molecule has 1 nitrogen and oxygen atoms in total. The van der Waals surface area contributed by atoms with Crippen molar-refractivity contribution >= 4 is 0 Å². The summed E-state index contributed by atoms with van der Waals surface area (Å²) in [5.74, 6) is 0.492. The lowest BCUT2D eigenvalue weighted by molar-refractivity contribution is 0.534. The molecule has 1 rings (SSSR count). The monoisotopic (exact) mass is 209 g/mol. The summed E-state index contributed by atoms with van der Waals surface area (Å²) in [5.41, 5.74) is 1.97. The standard InChI is InChI=1S/C13H20FN/c1-4-11-5-6-13(14)12(7-11)9-15-8-10(2)3/h5-7,10,15H,4,8-9H2,1-3H3. The first-order chi connectivity index (χ1) is 7.13. The third kappa shape index (κ3) is 4.00. The fraction of sp³-hybridized carbons (Fsp3) is 0.538. The molecular formula is C13H20FN. The Morgan fingerprint density at radius 2 is 2.07 bits per heavy atom. The van der Waals surface area contributed by atoms with Crippen molar-refractivity contribution in [2.24, 2.45) is 5.92 Å². The minimum absolute atomic E-state index is 0.108. The zero-order valence-electron chi connectivity index (χ0n) is 9.81. The van der Waals surface area contributed by atoms with Gasteiger partial charge in [0.2, 0.25) is 0 Å². The van der Waals surface area contributed by atoms with Gasteiger partial charge in [-0.05, 0) is 30.5 Å². The molecule has 0 amide bonds. The Morgan fingerprint density at radius 3 is 2.67 bits per heavy atom.